The minimum absolute atomic E-state index is 0.336. The molecule has 0 spiro atoms. The lowest BCUT2D eigenvalue weighted by molar-refractivity contribution is 0.0416. The van der Waals surface area contributed by atoms with Crippen molar-refractivity contribution in [1.82, 2.24) is 14.9 Å². The molecule has 6 nitrogen and oxygen atoms in total. The van der Waals surface area contributed by atoms with Crippen LogP contribution in [0.1, 0.15) is 0 Å². The van der Waals surface area contributed by atoms with Crippen molar-refractivity contribution in [1.29, 1.82) is 0 Å². The van der Waals surface area contributed by atoms with Gasteiger partial charge in [0.2, 0.25) is 0 Å². The van der Waals surface area contributed by atoms with Gasteiger partial charge >= 0.3 is 6.09 Å². The monoisotopic (exact) mass is 247 g/mol. The van der Waals surface area contributed by atoms with Crippen molar-refractivity contribution in [3.05, 3.63) is 24.5 Å². The molecule has 1 saturated heterocycles. The summed E-state index contributed by atoms with van der Waals surface area (Å²) in [6.45, 7) is 2.28. The number of nitrogens with zero attached hydrogens (tertiary/aromatic N) is 2. The molecule has 1 fully saturated rings. The van der Waals surface area contributed by atoms with Gasteiger partial charge in [0, 0.05) is 19.2 Å². The SMILES string of the molecule is O=C(Oc1ccc2nc[nH]c2c1)N1CCOCC1. The molecule has 0 unspecified atom stereocenters. The van der Waals surface area contributed by atoms with Crippen LogP contribution >= 0.6 is 0 Å². The Morgan fingerprint density at radius 1 is 1.39 bits per heavy atom. The van der Waals surface area contributed by atoms with E-state index in [1.807, 2.05) is 6.07 Å². The van der Waals surface area contributed by atoms with E-state index >= 15 is 0 Å². The normalized spacial score (nSPS) is 15.9. The van der Waals surface area contributed by atoms with Crippen LogP contribution in [0, 0.1) is 0 Å². The highest BCUT2D eigenvalue weighted by molar-refractivity contribution is 5.78. The van der Waals surface area contributed by atoms with Gasteiger partial charge in [-0.3, -0.25) is 0 Å². The Morgan fingerprint density at radius 3 is 3.06 bits per heavy atom. The molecular weight excluding hydrogens is 234 g/mol. The lowest BCUT2D eigenvalue weighted by atomic mass is 10.3. The third kappa shape index (κ3) is 2.14. The summed E-state index contributed by atoms with van der Waals surface area (Å²) in [5.74, 6) is 0.517. The minimum Gasteiger partial charge on any atom is -0.410 e. The number of ether oxygens (including phenoxy) is 2. The summed E-state index contributed by atoms with van der Waals surface area (Å²) < 4.78 is 10.5. The number of aromatic nitrogens is 2. The molecule has 1 aliphatic heterocycles. The summed E-state index contributed by atoms with van der Waals surface area (Å²) in [7, 11) is 0. The van der Waals surface area contributed by atoms with E-state index in [9.17, 15) is 4.79 Å². The Balaban J connectivity index is 1.72. The molecule has 0 aliphatic carbocycles. The average molecular weight is 247 g/mol. The van der Waals surface area contributed by atoms with Crippen LogP contribution < -0.4 is 4.74 Å². The molecule has 0 atom stereocenters. The van der Waals surface area contributed by atoms with Gasteiger partial charge in [0.25, 0.3) is 0 Å². The number of benzene rings is 1. The number of H-pyrrole nitrogens is 1. The molecule has 1 aromatic heterocycles. The van der Waals surface area contributed by atoms with E-state index in [0.29, 0.717) is 32.1 Å². The van der Waals surface area contributed by atoms with E-state index in [4.69, 9.17) is 9.47 Å². The van der Waals surface area contributed by atoms with Gasteiger partial charge in [-0.05, 0) is 12.1 Å². The Labute approximate surface area is 104 Å². The van der Waals surface area contributed by atoms with Gasteiger partial charge in [-0.1, -0.05) is 0 Å². The van der Waals surface area contributed by atoms with Crippen LogP contribution in [0.2, 0.25) is 0 Å². The van der Waals surface area contributed by atoms with Gasteiger partial charge in [0.05, 0.1) is 30.6 Å². The number of carbonyl (C=O) groups is 1. The largest absolute Gasteiger partial charge is 0.415 e. The van der Waals surface area contributed by atoms with Gasteiger partial charge in [-0.2, -0.15) is 0 Å². The number of fused-ring (bicyclic) bond motifs is 1. The van der Waals surface area contributed by atoms with Crippen molar-refractivity contribution in [2.45, 2.75) is 0 Å². The summed E-state index contributed by atoms with van der Waals surface area (Å²) in [5.41, 5.74) is 1.70. The second kappa shape index (κ2) is 4.66. The fourth-order valence-electron chi connectivity index (χ4n) is 1.89. The van der Waals surface area contributed by atoms with Crippen molar-refractivity contribution in [3.8, 4) is 5.75 Å². The lowest BCUT2D eigenvalue weighted by Crippen LogP contribution is -2.42. The first-order chi connectivity index (χ1) is 8.83. The van der Waals surface area contributed by atoms with E-state index in [1.54, 1.807) is 23.4 Å². The van der Waals surface area contributed by atoms with Crippen LogP contribution in [0.3, 0.4) is 0 Å². The van der Waals surface area contributed by atoms with Crippen LogP contribution in [0.4, 0.5) is 4.79 Å². The molecule has 0 saturated carbocycles. The van der Waals surface area contributed by atoms with Crippen molar-refractivity contribution in [2.75, 3.05) is 26.3 Å². The summed E-state index contributed by atoms with van der Waals surface area (Å²) in [6, 6.07) is 5.32. The predicted octanol–water partition coefficient (Wildman–Crippen LogP) is 1.39. The number of morpholine rings is 1. The Bertz CT molecular complexity index is 560. The van der Waals surface area contributed by atoms with Gasteiger partial charge in [0.1, 0.15) is 5.75 Å². The second-order valence-corrected chi connectivity index (χ2v) is 4.05. The molecular formula is C12H13N3O3. The van der Waals surface area contributed by atoms with Crippen molar-refractivity contribution < 1.29 is 14.3 Å². The molecule has 0 bridgehead atoms. The molecule has 2 heterocycles. The highest BCUT2D eigenvalue weighted by Crippen LogP contribution is 2.18. The first-order valence-corrected chi connectivity index (χ1v) is 5.80. The molecule has 2 aromatic rings. The number of aromatic amines is 1. The Morgan fingerprint density at radius 2 is 2.22 bits per heavy atom. The number of rotatable bonds is 1. The first kappa shape index (κ1) is 11.0. The quantitative estimate of drug-likeness (QED) is 0.827. The predicted molar refractivity (Wildman–Crippen MR) is 64.5 cm³/mol. The summed E-state index contributed by atoms with van der Waals surface area (Å²) in [6.07, 6.45) is 1.27. The zero-order valence-electron chi connectivity index (χ0n) is 9.76. The van der Waals surface area contributed by atoms with Crippen molar-refractivity contribution in [2.24, 2.45) is 0 Å². The van der Waals surface area contributed by atoms with E-state index < -0.39 is 0 Å². The maximum absolute atomic E-state index is 11.9. The van der Waals surface area contributed by atoms with E-state index in [1.165, 1.54) is 0 Å². The maximum Gasteiger partial charge on any atom is 0.415 e. The molecule has 1 aliphatic rings. The van der Waals surface area contributed by atoms with Crippen LogP contribution in [0.5, 0.6) is 5.75 Å². The standard InChI is InChI=1S/C12H13N3O3/c16-12(15-3-5-17-6-4-15)18-9-1-2-10-11(7-9)14-8-13-10/h1-2,7-8H,3-6H2,(H,13,14). The topological polar surface area (TPSA) is 67.5 Å². The van der Waals surface area contributed by atoms with Crippen LogP contribution in [0.25, 0.3) is 11.0 Å². The van der Waals surface area contributed by atoms with Gasteiger partial charge in [-0.15, -0.1) is 0 Å². The number of carbonyl (C=O) groups excluding carboxylic acids is 1. The summed E-state index contributed by atoms with van der Waals surface area (Å²) in [4.78, 5) is 20.6. The number of hydrogen-bond acceptors (Lipinski definition) is 4. The van der Waals surface area contributed by atoms with E-state index in [0.717, 1.165) is 11.0 Å². The molecule has 1 amide bonds. The minimum atomic E-state index is -0.336. The zero-order valence-corrected chi connectivity index (χ0v) is 9.76. The fraction of sp³-hybridized carbons (Fsp3) is 0.333. The van der Waals surface area contributed by atoms with Crippen molar-refractivity contribution >= 4 is 17.1 Å². The summed E-state index contributed by atoms with van der Waals surface area (Å²) in [5, 5.41) is 0. The number of imidazole rings is 1. The molecule has 1 N–H and O–H groups in total. The fourth-order valence-corrected chi connectivity index (χ4v) is 1.89. The van der Waals surface area contributed by atoms with E-state index in [2.05, 4.69) is 9.97 Å². The van der Waals surface area contributed by atoms with Crippen LogP contribution in [0.15, 0.2) is 24.5 Å². The number of hydrogen-bond donors (Lipinski definition) is 1. The lowest BCUT2D eigenvalue weighted by Gasteiger charge is -2.25. The third-order valence-electron chi connectivity index (χ3n) is 2.87. The van der Waals surface area contributed by atoms with Crippen molar-refractivity contribution in [3.63, 3.8) is 0 Å². The maximum atomic E-state index is 11.9. The highest BCUT2D eigenvalue weighted by Gasteiger charge is 2.18. The smallest absolute Gasteiger partial charge is 0.410 e. The molecule has 0 radical (unpaired) electrons. The Hall–Kier alpha value is -2.08. The Kier molecular flexibility index (Phi) is 2.85. The molecule has 3 rings (SSSR count). The highest BCUT2D eigenvalue weighted by atomic mass is 16.6. The van der Waals surface area contributed by atoms with Gasteiger partial charge in [-0.25, -0.2) is 9.78 Å². The molecule has 1 aromatic carbocycles. The first-order valence-electron chi connectivity index (χ1n) is 5.80. The number of nitrogens with one attached hydrogen (secondary N) is 1. The third-order valence-corrected chi connectivity index (χ3v) is 2.87. The molecule has 94 valence electrons. The van der Waals surface area contributed by atoms with Crippen LogP contribution in [-0.2, 0) is 4.74 Å². The summed E-state index contributed by atoms with van der Waals surface area (Å²) >= 11 is 0. The number of amides is 1. The zero-order chi connectivity index (χ0) is 12.4. The van der Waals surface area contributed by atoms with Gasteiger partial charge in [0.15, 0.2) is 0 Å². The van der Waals surface area contributed by atoms with E-state index in [-0.39, 0.29) is 6.09 Å². The molecule has 18 heavy (non-hydrogen) atoms. The van der Waals surface area contributed by atoms with Gasteiger partial charge < -0.3 is 19.4 Å². The average Bonchev–Trinajstić information content (AvgIpc) is 2.87. The second-order valence-electron chi connectivity index (χ2n) is 4.05. The molecule has 6 heteroatoms. The van der Waals surface area contributed by atoms with Crippen LogP contribution in [-0.4, -0.2) is 47.3 Å².